The third kappa shape index (κ3) is 4.73. The van der Waals surface area contributed by atoms with E-state index < -0.39 is 0 Å². The molecule has 3 fully saturated rings. The van der Waals surface area contributed by atoms with Crippen molar-refractivity contribution in [3.8, 4) is 0 Å². The lowest BCUT2D eigenvalue weighted by molar-refractivity contribution is 0.0958. The van der Waals surface area contributed by atoms with Gasteiger partial charge in [-0.3, -0.25) is 9.89 Å². The first-order valence-corrected chi connectivity index (χ1v) is 10.3. The molecule has 0 radical (unpaired) electrons. The van der Waals surface area contributed by atoms with Gasteiger partial charge >= 0.3 is 0 Å². The Labute approximate surface area is 175 Å². The Balaban J connectivity index is 0.00000196. The zero-order chi connectivity index (χ0) is 17.1. The van der Waals surface area contributed by atoms with Crippen LogP contribution in [-0.2, 0) is 4.74 Å². The molecule has 1 N–H and O–H groups in total. The number of halogens is 1. The maximum Gasteiger partial charge on any atom is 0.193 e. The summed E-state index contributed by atoms with van der Waals surface area (Å²) < 4.78 is 5.38. The fraction of sp³-hybridized carbons (Fsp3) is 0.850. The highest BCUT2D eigenvalue weighted by atomic mass is 127. The predicted octanol–water partition coefficient (Wildman–Crippen LogP) is 2.72. The minimum atomic E-state index is 0. The number of fused-ring (bicyclic) bond motifs is 2. The van der Waals surface area contributed by atoms with Crippen molar-refractivity contribution in [1.29, 1.82) is 0 Å². The quantitative estimate of drug-likeness (QED) is 0.295. The Kier molecular flexibility index (Phi) is 7.64. The molecule has 2 aliphatic carbocycles. The zero-order valence-electron chi connectivity index (χ0n) is 16.2. The summed E-state index contributed by atoms with van der Waals surface area (Å²) in [7, 11) is 1.92. The molecule has 0 amide bonds. The van der Waals surface area contributed by atoms with Crippen LogP contribution in [0.15, 0.2) is 16.6 Å². The molecule has 2 aliphatic heterocycles. The Morgan fingerprint density at radius 3 is 2.69 bits per heavy atom. The van der Waals surface area contributed by atoms with Gasteiger partial charge in [0.2, 0.25) is 0 Å². The van der Waals surface area contributed by atoms with Gasteiger partial charge in [0.15, 0.2) is 5.96 Å². The molecular formula is C20H35IN4O. The minimum absolute atomic E-state index is 0. The Morgan fingerprint density at radius 2 is 2.08 bits per heavy atom. The number of hydrogen-bond donors (Lipinski definition) is 1. The van der Waals surface area contributed by atoms with Gasteiger partial charge in [-0.05, 0) is 43.9 Å². The summed E-state index contributed by atoms with van der Waals surface area (Å²) in [5.74, 6) is 3.13. The molecule has 0 spiro atoms. The molecule has 0 aromatic heterocycles. The molecule has 4 rings (SSSR count). The van der Waals surface area contributed by atoms with Gasteiger partial charge in [-0.2, -0.15) is 0 Å². The van der Waals surface area contributed by atoms with Gasteiger partial charge in [-0.25, -0.2) is 0 Å². The van der Waals surface area contributed by atoms with E-state index in [0.29, 0.717) is 0 Å². The second-order valence-electron chi connectivity index (χ2n) is 8.18. The summed E-state index contributed by atoms with van der Waals surface area (Å²) in [6.07, 6.45) is 10.4. The van der Waals surface area contributed by atoms with E-state index in [1.165, 1.54) is 44.3 Å². The van der Waals surface area contributed by atoms with Crippen LogP contribution < -0.4 is 5.32 Å². The van der Waals surface area contributed by atoms with Crippen LogP contribution in [-0.4, -0.2) is 74.8 Å². The average molecular weight is 474 g/mol. The molecule has 2 bridgehead atoms. The number of guanidine groups is 1. The summed E-state index contributed by atoms with van der Waals surface area (Å²) in [6, 6.07) is 0.885. The molecule has 148 valence electrons. The van der Waals surface area contributed by atoms with Crippen LogP contribution in [0.3, 0.4) is 0 Å². The fourth-order valence-electron chi connectivity index (χ4n) is 5.38. The molecule has 5 nitrogen and oxygen atoms in total. The third-order valence-electron chi connectivity index (χ3n) is 6.78. The van der Waals surface area contributed by atoms with E-state index in [2.05, 4.69) is 26.2 Å². The van der Waals surface area contributed by atoms with Crippen LogP contribution in [0.2, 0.25) is 0 Å². The number of aliphatic imine (C=N–C) groups is 1. The van der Waals surface area contributed by atoms with Gasteiger partial charge in [0, 0.05) is 45.8 Å². The second-order valence-corrected chi connectivity index (χ2v) is 8.18. The van der Waals surface area contributed by atoms with Gasteiger partial charge in [-0.1, -0.05) is 18.1 Å². The van der Waals surface area contributed by atoms with Crippen LogP contribution in [0.5, 0.6) is 0 Å². The van der Waals surface area contributed by atoms with Crippen LogP contribution in [0, 0.1) is 11.8 Å². The Morgan fingerprint density at radius 1 is 1.23 bits per heavy atom. The van der Waals surface area contributed by atoms with Crippen molar-refractivity contribution in [3.63, 3.8) is 0 Å². The van der Waals surface area contributed by atoms with Gasteiger partial charge in [0.25, 0.3) is 0 Å². The number of nitrogens with one attached hydrogen (secondary N) is 1. The van der Waals surface area contributed by atoms with Crippen LogP contribution >= 0.6 is 24.0 Å². The third-order valence-corrected chi connectivity index (χ3v) is 6.78. The normalized spacial score (nSPS) is 32.3. The highest BCUT2D eigenvalue weighted by Gasteiger charge is 2.42. The SMILES string of the molecule is CN=C(NCCC1=CCOCC1)N1CCN(C2CC3CCC2C3)CC1.I. The van der Waals surface area contributed by atoms with E-state index in [0.717, 1.165) is 69.5 Å². The number of hydrogen-bond acceptors (Lipinski definition) is 3. The fourth-order valence-corrected chi connectivity index (χ4v) is 5.38. The second kappa shape index (κ2) is 9.73. The molecule has 2 saturated carbocycles. The number of rotatable bonds is 4. The van der Waals surface area contributed by atoms with Crippen molar-refractivity contribution < 1.29 is 4.74 Å². The maximum absolute atomic E-state index is 5.38. The topological polar surface area (TPSA) is 40.1 Å². The minimum Gasteiger partial charge on any atom is -0.377 e. The van der Waals surface area contributed by atoms with Crippen molar-refractivity contribution in [1.82, 2.24) is 15.1 Å². The molecular weight excluding hydrogens is 439 g/mol. The lowest BCUT2D eigenvalue weighted by atomic mass is 9.93. The van der Waals surface area contributed by atoms with Crippen LogP contribution in [0.4, 0.5) is 0 Å². The largest absolute Gasteiger partial charge is 0.377 e. The molecule has 0 aromatic carbocycles. The Bertz CT molecular complexity index is 516. The van der Waals surface area contributed by atoms with E-state index in [1.54, 1.807) is 0 Å². The molecule has 2 heterocycles. The first-order valence-electron chi connectivity index (χ1n) is 10.3. The first-order chi connectivity index (χ1) is 12.3. The van der Waals surface area contributed by atoms with Gasteiger partial charge in [0.05, 0.1) is 13.2 Å². The standard InChI is InChI=1S/C20H34N4O.HI/c1-21-20(22-7-4-16-5-12-25-13-6-16)24-10-8-23(9-11-24)19-15-17-2-3-18(19)14-17;/h5,17-19H,2-4,6-15H2,1H3,(H,21,22);1H. The van der Waals surface area contributed by atoms with Crippen molar-refractivity contribution in [3.05, 3.63) is 11.6 Å². The first kappa shape index (κ1) is 20.4. The highest BCUT2D eigenvalue weighted by molar-refractivity contribution is 14.0. The van der Waals surface area contributed by atoms with E-state index in [-0.39, 0.29) is 24.0 Å². The van der Waals surface area contributed by atoms with Gasteiger partial charge in [0.1, 0.15) is 0 Å². The number of nitrogens with zero attached hydrogens (tertiary/aromatic N) is 3. The molecule has 6 heteroatoms. The summed E-state index contributed by atoms with van der Waals surface area (Å²) in [5.41, 5.74) is 1.52. The molecule has 4 aliphatic rings. The monoisotopic (exact) mass is 474 g/mol. The maximum atomic E-state index is 5.38. The van der Waals surface area contributed by atoms with Crippen LogP contribution in [0.25, 0.3) is 0 Å². The lowest BCUT2D eigenvalue weighted by Crippen LogP contribution is -2.55. The summed E-state index contributed by atoms with van der Waals surface area (Å²) in [6.45, 7) is 7.29. The number of ether oxygens (including phenoxy) is 1. The van der Waals surface area contributed by atoms with Crippen molar-refractivity contribution in [2.24, 2.45) is 16.8 Å². The molecule has 0 aromatic rings. The van der Waals surface area contributed by atoms with Crippen molar-refractivity contribution in [2.75, 3.05) is 53.0 Å². The summed E-state index contributed by atoms with van der Waals surface area (Å²) in [5, 5.41) is 3.57. The molecule has 1 saturated heterocycles. The van der Waals surface area contributed by atoms with Gasteiger partial charge < -0.3 is 15.0 Å². The lowest BCUT2D eigenvalue weighted by Gasteiger charge is -2.42. The average Bonchev–Trinajstić information content (AvgIpc) is 3.30. The summed E-state index contributed by atoms with van der Waals surface area (Å²) in [4.78, 5) is 9.75. The number of piperazine rings is 1. The van der Waals surface area contributed by atoms with E-state index >= 15 is 0 Å². The Hall–Kier alpha value is -0.340. The van der Waals surface area contributed by atoms with Crippen LogP contribution in [0.1, 0.15) is 38.5 Å². The van der Waals surface area contributed by atoms with E-state index in [9.17, 15) is 0 Å². The summed E-state index contributed by atoms with van der Waals surface area (Å²) >= 11 is 0. The predicted molar refractivity (Wildman–Crippen MR) is 117 cm³/mol. The van der Waals surface area contributed by atoms with E-state index in [1.807, 2.05) is 7.05 Å². The van der Waals surface area contributed by atoms with Gasteiger partial charge in [-0.15, -0.1) is 24.0 Å². The molecule has 3 unspecified atom stereocenters. The zero-order valence-corrected chi connectivity index (χ0v) is 18.5. The van der Waals surface area contributed by atoms with Crippen molar-refractivity contribution >= 4 is 29.9 Å². The van der Waals surface area contributed by atoms with E-state index in [4.69, 9.17) is 4.74 Å². The molecule has 26 heavy (non-hydrogen) atoms. The molecule has 3 atom stereocenters. The van der Waals surface area contributed by atoms with Crippen molar-refractivity contribution in [2.45, 2.75) is 44.6 Å². The highest BCUT2D eigenvalue weighted by Crippen LogP contribution is 2.46. The smallest absolute Gasteiger partial charge is 0.193 e.